The van der Waals surface area contributed by atoms with Crippen LogP contribution in [0.3, 0.4) is 0 Å². The fourth-order valence-electron chi connectivity index (χ4n) is 2.65. The van der Waals surface area contributed by atoms with Crippen molar-refractivity contribution in [3.05, 3.63) is 0 Å². The van der Waals surface area contributed by atoms with Gasteiger partial charge in [-0.3, -0.25) is 0 Å². The summed E-state index contributed by atoms with van der Waals surface area (Å²) >= 11 is 4.61. The van der Waals surface area contributed by atoms with Crippen LogP contribution in [0.5, 0.6) is 0 Å². The van der Waals surface area contributed by atoms with E-state index < -0.39 is 0 Å². The van der Waals surface area contributed by atoms with Crippen molar-refractivity contribution in [3.8, 4) is 0 Å². The molecule has 0 aliphatic heterocycles. The predicted molar refractivity (Wildman–Crippen MR) is 63.4 cm³/mol. The molecule has 1 rings (SSSR count). The van der Waals surface area contributed by atoms with Gasteiger partial charge in [0, 0.05) is 5.25 Å². The standard InChI is InChI=1S/C12H24S/c1-9(2)7-10(3)11-5-4-6-12(13)8-11/h9-13H,4-8H2,1-3H3. The molecule has 0 spiro atoms. The van der Waals surface area contributed by atoms with Gasteiger partial charge in [-0.05, 0) is 37.0 Å². The van der Waals surface area contributed by atoms with Crippen molar-refractivity contribution >= 4 is 12.6 Å². The third-order valence-electron chi connectivity index (χ3n) is 3.34. The minimum absolute atomic E-state index is 0.688. The fourth-order valence-corrected chi connectivity index (χ4v) is 3.11. The Morgan fingerprint density at radius 3 is 2.46 bits per heavy atom. The summed E-state index contributed by atoms with van der Waals surface area (Å²) in [7, 11) is 0. The molecule has 0 aromatic heterocycles. The lowest BCUT2D eigenvalue weighted by Crippen LogP contribution is -2.22. The van der Waals surface area contributed by atoms with Gasteiger partial charge in [0.05, 0.1) is 0 Å². The first kappa shape index (κ1) is 11.4. The second-order valence-corrected chi connectivity index (χ2v) is 5.92. The maximum Gasteiger partial charge on any atom is 0.00195 e. The van der Waals surface area contributed by atoms with Gasteiger partial charge in [-0.25, -0.2) is 0 Å². The smallest absolute Gasteiger partial charge is 0.00195 e. The second kappa shape index (κ2) is 5.29. The number of thiol groups is 1. The molecule has 1 saturated carbocycles. The number of hydrogen-bond donors (Lipinski definition) is 1. The van der Waals surface area contributed by atoms with Gasteiger partial charge in [0.15, 0.2) is 0 Å². The maximum atomic E-state index is 4.61. The van der Waals surface area contributed by atoms with Crippen LogP contribution in [0, 0.1) is 17.8 Å². The summed E-state index contributed by atoms with van der Waals surface area (Å²) in [5.41, 5.74) is 0. The van der Waals surface area contributed by atoms with Gasteiger partial charge in [-0.2, -0.15) is 12.6 Å². The maximum absolute atomic E-state index is 4.61. The van der Waals surface area contributed by atoms with E-state index in [0.717, 1.165) is 17.8 Å². The summed E-state index contributed by atoms with van der Waals surface area (Å²) in [6.45, 7) is 7.09. The Morgan fingerprint density at radius 1 is 1.23 bits per heavy atom. The van der Waals surface area contributed by atoms with Gasteiger partial charge < -0.3 is 0 Å². The lowest BCUT2D eigenvalue weighted by atomic mass is 9.77. The molecule has 1 fully saturated rings. The second-order valence-electron chi connectivity index (χ2n) is 5.19. The van der Waals surface area contributed by atoms with E-state index in [1.54, 1.807) is 0 Å². The molecular weight excluding hydrogens is 176 g/mol. The Bertz CT molecular complexity index is 142. The average molecular weight is 200 g/mol. The first-order valence-electron chi connectivity index (χ1n) is 5.77. The van der Waals surface area contributed by atoms with Crippen LogP contribution < -0.4 is 0 Å². The summed E-state index contributed by atoms with van der Waals surface area (Å²) in [6, 6.07) is 0. The van der Waals surface area contributed by atoms with Gasteiger partial charge in [0.2, 0.25) is 0 Å². The highest BCUT2D eigenvalue weighted by atomic mass is 32.1. The Hall–Kier alpha value is 0.350. The molecule has 0 aromatic carbocycles. The molecule has 1 heteroatoms. The molecule has 0 aromatic rings. The quantitative estimate of drug-likeness (QED) is 0.650. The Balaban J connectivity index is 2.32. The third-order valence-corrected chi connectivity index (χ3v) is 3.80. The molecule has 0 radical (unpaired) electrons. The lowest BCUT2D eigenvalue weighted by Gasteiger charge is -2.31. The minimum atomic E-state index is 0.688. The zero-order valence-electron chi connectivity index (χ0n) is 9.29. The Morgan fingerprint density at radius 2 is 1.92 bits per heavy atom. The average Bonchev–Trinajstić information content (AvgIpc) is 2.03. The van der Waals surface area contributed by atoms with Crippen molar-refractivity contribution < 1.29 is 0 Å². The summed E-state index contributed by atoms with van der Waals surface area (Å²) < 4.78 is 0. The molecule has 78 valence electrons. The van der Waals surface area contributed by atoms with E-state index in [1.807, 2.05) is 0 Å². The summed E-state index contributed by atoms with van der Waals surface area (Å²) in [6.07, 6.45) is 6.95. The minimum Gasteiger partial charge on any atom is -0.176 e. The van der Waals surface area contributed by atoms with E-state index >= 15 is 0 Å². The highest BCUT2D eigenvalue weighted by Gasteiger charge is 2.24. The molecule has 3 unspecified atom stereocenters. The summed E-state index contributed by atoms with van der Waals surface area (Å²) in [5, 5.41) is 0.688. The van der Waals surface area contributed by atoms with Crippen LogP contribution in [0.1, 0.15) is 52.9 Å². The SMILES string of the molecule is CC(C)CC(C)C1CCCC(S)C1. The van der Waals surface area contributed by atoms with Crippen molar-refractivity contribution in [1.29, 1.82) is 0 Å². The van der Waals surface area contributed by atoms with Gasteiger partial charge in [0.25, 0.3) is 0 Å². The first-order valence-corrected chi connectivity index (χ1v) is 6.29. The van der Waals surface area contributed by atoms with Gasteiger partial charge in [-0.1, -0.05) is 33.6 Å². The highest BCUT2D eigenvalue weighted by molar-refractivity contribution is 7.80. The van der Waals surface area contributed by atoms with Crippen molar-refractivity contribution in [3.63, 3.8) is 0 Å². The molecule has 0 heterocycles. The first-order chi connectivity index (χ1) is 6.09. The molecule has 0 N–H and O–H groups in total. The Labute approximate surface area is 88.9 Å². The molecule has 0 bridgehead atoms. The number of rotatable bonds is 3. The van der Waals surface area contributed by atoms with Crippen LogP contribution in [0.15, 0.2) is 0 Å². The monoisotopic (exact) mass is 200 g/mol. The molecular formula is C12H24S. The van der Waals surface area contributed by atoms with Crippen LogP contribution in [-0.2, 0) is 0 Å². The van der Waals surface area contributed by atoms with Crippen molar-refractivity contribution in [2.24, 2.45) is 17.8 Å². The molecule has 0 nitrogen and oxygen atoms in total. The summed E-state index contributed by atoms with van der Waals surface area (Å²) in [4.78, 5) is 0. The van der Waals surface area contributed by atoms with Crippen molar-refractivity contribution in [2.75, 3.05) is 0 Å². The largest absolute Gasteiger partial charge is 0.176 e. The van der Waals surface area contributed by atoms with Gasteiger partial charge in [0.1, 0.15) is 0 Å². The van der Waals surface area contributed by atoms with Crippen molar-refractivity contribution in [1.82, 2.24) is 0 Å². The van der Waals surface area contributed by atoms with E-state index in [1.165, 1.54) is 32.1 Å². The summed E-state index contributed by atoms with van der Waals surface area (Å²) in [5.74, 6) is 2.73. The lowest BCUT2D eigenvalue weighted by molar-refractivity contribution is 0.239. The Kier molecular flexibility index (Phi) is 4.64. The van der Waals surface area contributed by atoms with E-state index in [4.69, 9.17) is 0 Å². The van der Waals surface area contributed by atoms with Gasteiger partial charge >= 0.3 is 0 Å². The zero-order valence-corrected chi connectivity index (χ0v) is 10.2. The number of hydrogen-bond acceptors (Lipinski definition) is 1. The van der Waals surface area contributed by atoms with Crippen LogP contribution in [0.4, 0.5) is 0 Å². The molecule has 0 amide bonds. The van der Waals surface area contributed by atoms with Crippen LogP contribution in [-0.4, -0.2) is 5.25 Å². The van der Waals surface area contributed by atoms with Crippen LogP contribution >= 0.6 is 12.6 Å². The molecule has 0 saturated heterocycles. The molecule has 3 atom stereocenters. The molecule has 1 aliphatic rings. The topological polar surface area (TPSA) is 0 Å². The zero-order chi connectivity index (χ0) is 9.84. The normalized spacial score (nSPS) is 32.1. The van der Waals surface area contributed by atoms with Crippen LogP contribution in [0.2, 0.25) is 0 Å². The molecule has 1 aliphatic carbocycles. The van der Waals surface area contributed by atoms with E-state index in [2.05, 4.69) is 33.4 Å². The fraction of sp³-hybridized carbons (Fsp3) is 1.00. The predicted octanol–water partition coefficient (Wildman–Crippen LogP) is 4.16. The van der Waals surface area contributed by atoms with E-state index in [0.29, 0.717) is 5.25 Å². The van der Waals surface area contributed by atoms with E-state index in [-0.39, 0.29) is 0 Å². The highest BCUT2D eigenvalue weighted by Crippen LogP contribution is 2.34. The van der Waals surface area contributed by atoms with Crippen molar-refractivity contribution in [2.45, 2.75) is 58.1 Å². The molecule has 13 heavy (non-hydrogen) atoms. The van der Waals surface area contributed by atoms with Crippen LogP contribution in [0.25, 0.3) is 0 Å². The van der Waals surface area contributed by atoms with E-state index in [9.17, 15) is 0 Å². The van der Waals surface area contributed by atoms with Gasteiger partial charge in [-0.15, -0.1) is 0 Å². The third kappa shape index (κ3) is 3.93.